The van der Waals surface area contributed by atoms with Crippen LogP contribution in [0.25, 0.3) is 28.0 Å². The summed E-state index contributed by atoms with van der Waals surface area (Å²) in [6.45, 7) is 1.45. The lowest BCUT2D eigenvalue weighted by atomic mass is 9.49. The van der Waals surface area contributed by atoms with Gasteiger partial charge in [0.2, 0.25) is 0 Å². The standard InChI is InChI=1S/C58H58O9/c1-35(59)66-53-32-44(67-56(63)57(21-10-11-22-57)42-18-16-38-24-43(60)30-46(45(38)29-42)37-14-8-5-9-15-37)31-48-47-33-55(65-3)51(61)26-39(47)17-19-49(48)58(23-20-36-12-6-4-7-13-36)34-41-27-52(62)54(64-2)28-40(41)25-50(53)58/h4-9,12-16,18,20,23-24,26-30,33,44,48-50,53,60-62H,10-11,17,19,21-22,25,31-32,34H2,1-3H3. The maximum absolute atomic E-state index is 15.5. The first-order valence-electron chi connectivity index (χ1n) is 23.7. The third-order valence-electron chi connectivity index (χ3n) is 15.7. The van der Waals surface area contributed by atoms with E-state index in [0.717, 1.165) is 74.5 Å². The topological polar surface area (TPSA) is 132 Å². The van der Waals surface area contributed by atoms with Crippen LogP contribution in [0.5, 0.6) is 28.7 Å². The Balaban J connectivity index is 1.11. The Morgan fingerprint density at radius 3 is 2.13 bits per heavy atom. The Bertz CT molecular complexity index is 2860. The molecule has 2 saturated carbocycles. The Morgan fingerprint density at radius 1 is 0.716 bits per heavy atom. The van der Waals surface area contributed by atoms with Gasteiger partial charge < -0.3 is 34.3 Å². The van der Waals surface area contributed by atoms with Crippen LogP contribution in [0.15, 0.2) is 121 Å². The monoisotopic (exact) mass is 898 g/mol. The number of rotatable bonds is 9. The van der Waals surface area contributed by atoms with E-state index in [1.807, 2.05) is 84.9 Å². The summed E-state index contributed by atoms with van der Waals surface area (Å²) in [6, 6.07) is 37.4. The number of phenolic OH excluding ortho intramolecular Hbond substituents is 3. The van der Waals surface area contributed by atoms with E-state index in [1.165, 1.54) is 6.92 Å². The van der Waals surface area contributed by atoms with Gasteiger partial charge in [0.25, 0.3) is 0 Å². The molecule has 0 aliphatic heterocycles. The lowest BCUT2D eigenvalue weighted by Crippen LogP contribution is -2.54. The van der Waals surface area contributed by atoms with Crippen molar-refractivity contribution < 1.29 is 43.9 Å². The Labute approximate surface area is 392 Å². The van der Waals surface area contributed by atoms with Crippen LogP contribution in [0.4, 0.5) is 0 Å². The summed E-state index contributed by atoms with van der Waals surface area (Å²) in [6.07, 6.45) is 9.52. The minimum absolute atomic E-state index is 0.0510. The summed E-state index contributed by atoms with van der Waals surface area (Å²) in [5.41, 5.74) is 6.37. The highest BCUT2D eigenvalue weighted by molar-refractivity contribution is 5.99. The van der Waals surface area contributed by atoms with Crippen LogP contribution < -0.4 is 9.47 Å². The highest BCUT2D eigenvalue weighted by Crippen LogP contribution is 2.61. The van der Waals surface area contributed by atoms with E-state index in [4.69, 9.17) is 18.9 Å². The van der Waals surface area contributed by atoms with Crippen molar-refractivity contribution in [3.8, 4) is 39.9 Å². The van der Waals surface area contributed by atoms with Gasteiger partial charge in [0, 0.05) is 24.7 Å². The van der Waals surface area contributed by atoms with Crippen molar-refractivity contribution in [2.45, 2.75) is 94.7 Å². The number of allylic oxidation sites excluding steroid dienone is 1. The van der Waals surface area contributed by atoms with Crippen LogP contribution in [-0.2, 0) is 43.7 Å². The molecule has 9 nitrogen and oxygen atoms in total. The van der Waals surface area contributed by atoms with Gasteiger partial charge in [-0.25, -0.2) is 0 Å². The third-order valence-corrected chi connectivity index (χ3v) is 15.7. The third kappa shape index (κ3) is 8.06. The number of phenols is 3. The fourth-order valence-electron chi connectivity index (χ4n) is 12.7. The largest absolute Gasteiger partial charge is 0.508 e. The van der Waals surface area contributed by atoms with Crippen LogP contribution in [0, 0.1) is 17.3 Å². The Hall–Kier alpha value is -6.74. The van der Waals surface area contributed by atoms with Crippen molar-refractivity contribution in [2.75, 3.05) is 14.2 Å². The van der Waals surface area contributed by atoms with E-state index in [0.29, 0.717) is 50.0 Å². The zero-order valence-electron chi connectivity index (χ0n) is 38.4. The number of hydrogen-bond acceptors (Lipinski definition) is 9. The van der Waals surface area contributed by atoms with Gasteiger partial charge in [0.05, 0.1) is 19.6 Å². The molecule has 0 radical (unpaired) electrons. The average molecular weight is 899 g/mol. The molecule has 344 valence electrons. The van der Waals surface area contributed by atoms with E-state index in [1.54, 1.807) is 26.4 Å². The molecule has 0 heterocycles. The molecule has 2 fully saturated rings. The smallest absolute Gasteiger partial charge is 0.316 e. The first-order chi connectivity index (χ1) is 32.5. The second kappa shape index (κ2) is 17.8. The molecule has 0 amide bonds. The number of esters is 2. The van der Waals surface area contributed by atoms with Gasteiger partial charge >= 0.3 is 11.9 Å². The molecule has 6 aromatic carbocycles. The molecule has 9 heteroatoms. The zero-order valence-corrected chi connectivity index (χ0v) is 38.4. The second-order valence-electron chi connectivity index (χ2n) is 19.3. The number of aromatic hydroxyl groups is 3. The van der Waals surface area contributed by atoms with Crippen LogP contribution in [0.1, 0.15) is 91.2 Å². The van der Waals surface area contributed by atoms with Gasteiger partial charge in [-0.3, -0.25) is 9.59 Å². The number of aryl methyl sites for hydroxylation is 1. The van der Waals surface area contributed by atoms with Crippen LogP contribution in [-0.4, -0.2) is 53.7 Å². The number of benzene rings is 6. The maximum Gasteiger partial charge on any atom is 0.316 e. The molecule has 0 saturated heterocycles. The molecule has 67 heavy (non-hydrogen) atoms. The van der Waals surface area contributed by atoms with E-state index in [2.05, 4.69) is 30.4 Å². The predicted octanol–water partition coefficient (Wildman–Crippen LogP) is 11.6. The maximum atomic E-state index is 15.5. The number of hydrogen-bond donors (Lipinski definition) is 3. The van der Waals surface area contributed by atoms with Crippen molar-refractivity contribution in [1.82, 2.24) is 0 Å². The van der Waals surface area contributed by atoms with E-state index in [-0.39, 0.29) is 47.4 Å². The molecule has 6 atom stereocenters. The van der Waals surface area contributed by atoms with Gasteiger partial charge in [-0.15, -0.1) is 0 Å². The van der Waals surface area contributed by atoms with Crippen molar-refractivity contribution in [3.05, 3.63) is 155 Å². The molecule has 0 aromatic heterocycles. The average Bonchev–Trinajstić information content (AvgIpc) is 3.84. The normalized spacial score (nSPS) is 24.0. The molecule has 10 rings (SSSR count). The van der Waals surface area contributed by atoms with Gasteiger partial charge in [-0.2, -0.15) is 0 Å². The summed E-state index contributed by atoms with van der Waals surface area (Å²) in [5.74, 6) is -0.0605. The van der Waals surface area contributed by atoms with Crippen molar-refractivity contribution in [3.63, 3.8) is 0 Å². The number of carbonyl (C=O) groups excluding carboxylic acids is 2. The molecule has 4 aliphatic rings. The summed E-state index contributed by atoms with van der Waals surface area (Å²) in [7, 11) is 3.11. The van der Waals surface area contributed by atoms with Crippen molar-refractivity contribution >= 4 is 28.8 Å². The lowest BCUT2D eigenvalue weighted by Gasteiger charge is -2.56. The molecular weight excluding hydrogens is 841 g/mol. The quantitative estimate of drug-likeness (QED) is 0.121. The number of methoxy groups -OCH3 is 2. The summed E-state index contributed by atoms with van der Waals surface area (Å²) >= 11 is 0. The minimum Gasteiger partial charge on any atom is -0.508 e. The minimum atomic E-state index is -0.914. The molecule has 0 bridgehead atoms. The van der Waals surface area contributed by atoms with E-state index in [9.17, 15) is 20.1 Å². The molecule has 6 unspecified atom stereocenters. The highest BCUT2D eigenvalue weighted by atomic mass is 16.6. The van der Waals surface area contributed by atoms with Gasteiger partial charge in [0.1, 0.15) is 18.0 Å². The second-order valence-corrected chi connectivity index (χ2v) is 19.3. The molecule has 4 aliphatic carbocycles. The van der Waals surface area contributed by atoms with Gasteiger partial charge in [-0.05, 0) is 155 Å². The number of carbonyl (C=O) groups is 2. The molecular formula is C58H58O9. The fraction of sp³-hybridized carbons (Fsp3) is 0.345. The molecule has 0 spiro atoms. The lowest BCUT2D eigenvalue weighted by molar-refractivity contribution is -0.168. The summed E-state index contributed by atoms with van der Waals surface area (Å²) in [4.78, 5) is 28.8. The molecule has 3 N–H and O–H groups in total. The zero-order chi connectivity index (χ0) is 46.5. The highest BCUT2D eigenvalue weighted by Gasteiger charge is 2.57. The summed E-state index contributed by atoms with van der Waals surface area (Å²) < 4.78 is 24.9. The Morgan fingerprint density at radius 2 is 1.42 bits per heavy atom. The van der Waals surface area contributed by atoms with Crippen molar-refractivity contribution in [1.29, 1.82) is 0 Å². The van der Waals surface area contributed by atoms with E-state index < -0.39 is 29.0 Å². The van der Waals surface area contributed by atoms with Crippen molar-refractivity contribution in [2.24, 2.45) is 17.3 Å². The van der Waals surface area contributed by atoms with Gasteiger partial charge in [0.15, 0.2) is 23.0 Å². The van der Waals surface area contributed by atoms with Crippen LogP contribution in [0.3, 0.4) is 0 Å². The van der Waals surface area contributed by atoms with Gasteiger partial charge in [-0.1, -0.05) is 97.8 Å². The fourth-order valence-corrected chi connectivity index (χ4v) is 12.7. The SMILES string of the molecule is COc1cc2c(cc1O)CC1(C=Cc3ccccc3)C(C2)C(OC(C)=O)CC(OC(=O)C2(c3ccc4cc(O)cc(-c5ccccc5)c4c3)CCCC2)CC2c3cc(OC)c(O)cc3CCC21. The Kier molecular flexibility index (Phi) is 11.7. The first kappa shape index (κ1) is 44.1. The number of fused-ring (bicyclic) bond motifs is 7. The van der Waals surface area contributed by atoms with Crippen LogP contribution >= 0.6 is 0 Å². The van der Waals surface area contributed by atoms with E-state index >= 15 is 4.79 Å². The van der Waals surface area contributed by atoms with Crippen LogP contribution in [0.2, 0.25) is 0 Å². The predicted molar refractivity (Wildman–Crippen MR) is 259 cm³/mol. The summed E-state index contributed by atoms with van der Waals surface area (Å²) in [5, 5.41) is 34.9. The number of ether oxygens (including phenoxy) is 4. The first-order valence-corrected chi connectivity index (χ1v) is 23.7. The molecule has 6 aromatic rings.